The summed E-state index contributed by atoms with van der Waals surface area (Å²) < 4.78 is 38.0. The number of sulfonamides is 1. The lowest BCUT2D eigenvalue weighted by Crippen LogP contribution is -2.33. The first-order valence-corrected chi connectivity index (χ1v) is 8.62. The van der Waals surface area contributed by atoms with Crippen LogP contribution in [0.2, 0.25) is 0 Å². The number of hydrogen-bond acceptors (Lipinski definition) is 5. The van der Waals surface area contributed by atoms with Crippen molar-refractivity contribution in [2.45, 2.75) is 23.8 Å². The average Bonchev–Trinajstić information content (AvgIpc) is 2.86. The zero-order chi connectivity index (χ0) is 14.9. The van der Waals surface area contributed by atoms with Crippen molar-refractivity contribution >= 4 is 10.0 Å². The van der Waals surface area contributed by atoms with Gasteiger partial charge in [0.2, 0.25) is 10.0 Å². The van der Waals surface area contributed by atoms with Gasteiger partial charge in [0.1, 0.15) is 0 Å². The molecule has 1 aromatic carbocycles. The zero-order valence-corrected chi connectivity index (χ0v) is 12.9. The minimum atomic E-state index is -3.47. The second-order valence-corrected chi connectivity index (χ2v) is 7.23. The molecule has 1 saturated heterocycles. The van der Waals surface area contributed by atoms with Gasteiger partial charge >= 0.3 is 0 Å². The van der Waals surface area contributed by atoms with E-state index >= 15 is 0 Å². The van der Waals surface area contributed by atoms with E-state index in [9.17, 15) is 8.42 Å². The monoisotopic (exact) mass is 312 g/mol. The van der Waals surface area contributed by atoms with Crippen molar-refractivity contribution in [3.05, 3.63) is 18.2 Å². The summed E-state index contributed by atoms with van der Waals surface area (Å²) in [7, 11) is -1.61. The number of rotatable bonds is 3. The van der Waals surface area contributed by atoms with E-state index in [2.05, 4.69) is 5.32 Å². The molecule has 116 valence electrons. The summed E-state index contributed by atoms with van der Waals surface area (Å²) in [6, 6.07) is 5.07. The third-order valence-electron chi connectivity index (χ3n) is 3.92. The van der Waals surface area contributed by atoms with Crippen LogP contribution in [0.4, 0.5) is 0 Å². The van der Waals surface area contributed by atoms with Crippen LogP contribution < -0.4 is 14.8 Å². The molecule has 0 amide bonds. The Labute approximate surface area is 125 Å². The summed E-state index contributed by atoms with van der Waals surface area (Å²) in [6.07, 6.45) is 1.63. The van der Waals surface area contributed by atoms with Crippen LogP contribution >= 0.6 is 0 Å². The van der Waals surface area contributed by atoms with Gasteiger partial charge in [-0.25, -0.2) is 8.42 Å². The van der Waals surface area contributed by atoms with Crippen molar-refractivity contribution in [2.24, 2.45) is 0 Å². The Bertz CT molecular complexity index is 617. The van der Waals surface area contributed by atoms with Crippen molar-refractivity contribution in [3.63, 3.8) is 0 Å². The van der Waals surface area contributed by atoms with E-state index in [0.29, 0.717) is 37.8 Å². The highest BCUT2D eigenvalue weighted by Gasteiger charge is 2.32. The molecule has 1 fully saturated rings. The Morgan fingerprint density at radius 1 is 1.24 bits per heavy atom. The Hall–Kier alpha value is -1.31. The molecule has 6 nitrogen and oxygen atoms in total. The van der Waals surface area contributed by atoms with Gasteiger partial charge in [-0.05, 0) is 25.6 Å². The number of nitrogens with zero attached hydrogens (tertiary/aromatic N) is 1. The van der Waals surface area contributed by atoms with Crippen molar-refractivity contribution in [2.75, 3.05) is 33.4 Å². The van der Waals surface area contributed by atoms with Crippen LogP contribution in [0, 0.1) is 0 Å². The molecule has 1 atom stereocenters. The molecule has 2 heterocycles. The van der Waals surface area contributed by atoms with E-state index in [0.717, 1.165) is 12.8 Å². The normalized spacial score (nSPS) is 23.0. The Balaban J connectivity index is 1.87. The number of fused-ring (bicyclic) bond motifs is 1. The molecule has 7 heteroatoms. The first kappa shape index (κ1) is 14.6. The fourth-order valence-electron chi connectivity index (χ4n) is 2.64. The van der Waals surface area contributed by atoms with Crippen molar-refractivity contribution in [1.82, 2.24) is 9.62 Å². The molecule has 1 aromatic rings. The molecule has 0 bridgehead atoms. The molecular formula is C14H20N2O4S. The largest absolute Gasteiger partial charge is 0.490 e. The quantitative estimate of drug-likeness (QED) is 0.895. The Kier molecular flexibility index (Phi) is 4.05. The maximum Gasteiger partial charge on any atom is 0.243 e. The van der Waals surface area contributed by atoms with E-state index in [1.807, 2.05) is 7.05 Å². The van der Waals surface area contributed by atoms with Gasteiger partial charge in [0, 0.05) is 31.6 Å². The highest BCUT2D eigenvalue weighted by atomic mass is 32.2. The first-order chi connectivity index (χ1) is 10.1. The summed E-state index contributed by atoms with van der Waals surface area (Å²) in [5, 5.41) is 3.12. The van der Waals surface area contributed by atoms with Gasteiger partial charge in [-0.15, -0.1) is 0 Å². The molecule has 0 aliphatic carbocycles. The van der Waals surface area contributed by atoms with Gasteiger partial charge in [0.15, 0.2) is 11.5 Å². The van der Waals surface area contributed by atoms with E-state index in [-0.39, 0.29) is 10.9 Å². The van der Waals surface area contributed by atoms with Gasteiger partial charge in [-0.1, -0.05) is 0 Å². The molecular weight excluding hydrogens is 292 g/mol. The van der Waals surface area contributed by atoms with E-state index in [1.165, 1.54) is 4.31 Å². The number of hydrogen-bond donors (Lipinski definition) is 1. The van der Waals surface area contributed by atoms with Gasteiger partial charge in [0.05, 0.1) is 18.1 Å². The molecule has 21 heavy (non-hydrogen) atoms. The van der Waals surface area contributed by atoms with Crippen LogP contribution in [0.3, 0.4) is 0 Å². The fourth-order valence-corrected chi connectivity index (χ4v) is 4.15. The van der Waals surface area contributed by atoms with Gasteiger partial charge in [-0.2, -0.15) is 4.31 Å². The second-order valence-electron chi connectivity index (χ2n) is 5.30. The lowest BCUT2D eigenvalue weighted by Gasteiger charge is -2.17. The number of nitrogens with one attached hydrogen (secondary N) is 1. The zero-order valence-electron chi connectivity index (χ0n) is 12.0. The van der Waals surface area contributed by atoms with Gasteiger partial charge < -0.3 is 14.8 Å². The summed E-state index contributed by atoms with van der Waals surface area (Å²) in [4.78, 5) is 0.267. The smallest absolute Gasteiger partial charge is 0.243 e. The lowest BCUT2D eigenvalue weighted by molar-refractivity contribution is 0.297. The molecule has 0 radical (unpaired) electrons. The molecule has 0 aromatic heterocycles. The molecule has 0 saturated carbocycles. The minimum Gasteiger partial charge on any atom is -0.490 e. The SMILES string of the molecule is CNC1CCN(S(=O)(=O)c2ccc3c(c2)OCCCO3)C1. The molecule has 2 aliphatic heterocycles. The lowest BCUT2D eigenvalue weighted by atomic mass is 10.3. The van der Waals surface area contributed by atoms with Gasteiger partial charge in [0.25, 0.3) is 0 Å². The first-order valence-electron chi connectivity index (χ1n) is 7.18. The van der Waals surface area contributed by atoms with Crippen molar-refractivity contribution in [3.8, 4) is 11.5 Å². The summed E-state index contributed by atoms with van der Waals surface area (Å²) in [5.74, 6) is 1.12. The van der Waals surface area contributed by atoms with Crippen LogP contribution in [-0.4, -0.2) is 52.1 Å². The third kappa shape index (κ3) is 2.86. The third-order valence-corrected chi connectivity index (χ3v) is 5.78. The predicted molar refractivity (Wildman–Crippen MR) is 78.3 cm³/mol. The molecule has 1 N–H and O–H groups in total. The standard InChI is InChI=1S/C14H20N2O4S/c1-15-11-5-6-16(10-11)21(17,18)12-3-4-13-14(9-12)20-8-2-7-19-13/h3-4,9,11,15H,2,5-8,10H2,1H3. The predicted octanol–water partition coefficient (Wildman–Crippen LogP) is 0.830. The van der Waals surface area contributed by atoms with E-state index < -0.39 is 10.0 Å². The molecule has 1 unspecified atom stereocenters. The van der Waals surface area contributed by atoms with Crippen LogP contribution in [0.1, 0.15) is 12.8 Å². The van der Waals surface area contributed by atoms with E-state index in [1.54, 1.807) is 18.2 Å². The summed E-state index contributed by atoms with van der Waals surface area (Å²) >= 11 is 0. The highest BCUT2D eigenvalue weighted by molar-refractivity contribution is 7.89. The number of benzene rings is 1. The van der Waals surface area contributed by atoms with Crippen LogP contribution in [-0.2, 0) is 10.0 Å². The molecule has 3 rings (SSSR count). The van der Waals surface area contributed by atoms with Crippen LogP contribution in [0.25, 0.3) is 0 Å². The second kappa shape index (κ2) is 5.82. The van der Waals surface area contributed by atoms with Crippen molar-refractivity contribution in [1.29, 1.82) is 0 Å². The maximum absolute atomic E-state index is 12.7. The van der Waals surface area contributed by atoms with E-state index in [4.69, 9.17) is 9.47 Å². The number of ether oxygens (including phenoxy) is 2. The Morgan fingerprint density at radius 3 is 2.71 bits per heavy atom. The van der Waals surface area contributed by atoms with Crippen LogP contribution in [0.5, 0.6) is 11.5 Å². The topological polar surface area (TPSA) is 67.9 Å². The number of likely N-dealkylation sites (N-methyl/N-ethyl adjacent to an activating group) is 1. The van der Waals surface area contributed by atoms with Crippen LogP contribution in [0.15, 0.2) is 23.1 Å². The van der Waals surface area contributed by atoms with Crippen molar-refractivity contribution < 1.29 is 17.9 Å². The molecule has 0 spiro atoms. The Morgan fingerprint density at radius 2 is 2.00 bits per heavy atom. The average molecular weight is 312 g/mol. The maximum atomic E-state index is 12.7. The van der Waals surface area contributed by atoms with Gasteiger partial charge in [-0.3, -0.25) is 0 Å². The molecule has 2 aliphatic rings. The summed E-state index contributed by atoms with van der Waals surface area (Å²) in [5.41, 5.74) is 0. The minimum absolute atomic E-state index is 0.222. The summed E-state index contributed by atoms with van der Waals surface area (Å²) in [6.45, 7) is 2.19. The fraction of sp³-hybridized carbons (Fsp3) is 0.571. The highest BCUT2D eigenvalue weighted by Crippen LogP contribution is 2.33.